The number of aliphatic hydroxyl groups is 1. The molecule has 0 radical (unpaired) electrons. The van der Waals surface area contributed by atoms with E-state index < -0.39 is 0 Å². The minimum atomic E-state index is 0.264. The van der Waals surface area contributed by atoms with Crippen LogP contribution in [0.25, 0.3) is 0 Å². The van der Waals surface area contributed by atoms with Crippen LogP contribution in [-0.2, 0) is 0 Å². The van der Waals surface area contributed by atoms with Crippen LogP contribution < -0.4 is 11.1 Å². The van der Waals surface area contributed by atoms with Crippen molar-refractivity contribution in [3.63, 3.8) is 0 Å². The molecule has 4 N–H and O–H groups in total. The first-order valence-corrected chi connectivity index (χ1v) is 6.68. The Balaban J connectivity index is 2.09. The summed E-state index contributed by atoms with van der Waals surface area (Å²) < 4.78 is 1.94. The van der Waals surface area contributed by atoms with Gasteiger partial charge in [-0.2, -0.15) is 5.10 Å². The molecule has 1 fully saturated rings. The molecule has 1 saturated carbocycles. The molecule has 0 atom stereocenters. The summed E-state index contributed by atoms with van der Waals surface area (Å²) in [5, 5.41) is 17.0. The number of hydrogen-bond donors (Lipinski definition) is 3. The first-order valence-electron chi connectivity index (χ1n) is 6.68. The zero-order valence-corrected chi connectivity index (χ0v) is 11.5. The average Bonchev–Trinajstić information content (AvgIpc) is 3.01. The predicted molar refractivity (Wildman–Crippen MR) is 73.6 cm³/mol. The van der Waals surface area contributed by atoms with Crippen molar-refractivity contribution < 1.29 is 5.11 Å². The first-order chi connectivity index (χ1) is 8.49. The number of anilines is 2. The Kier molecular flexibility index (Phi) is 3.52. The maximum absolute atomic E-state index is 9.07. The van der Waals surface area contributed by atoms with E-state index in [0.29, 0.717) is 0 Å². The number of aryl methyl sites for hydroxylation is 1. The number of rotatable bonds is 6. The third-order valence-electron chi connectivity index (χ3n) is 3.85. The summed E-state index contributed by atoms with van der Waals surface area (Å²) in [6.07, 6.45) is 3.25. The van der Waals surface area contributed by atoms with Crippen molar-refractivity contribution in [2.24, 2.45) is 5.41 Å². The number of nitrogens with one attached hydrogen (secondary N) is 1. The SMILES string of the molecule is Cc1nn(C(C)C)c(NCC2(CCO)CC2)c1N. The number of nitrogens with zero attached hydrogens (tertiary/aromatic N) is 2. The topological polar surface area (TPSA) is 76.1 Å². The zero-order valence-electron chi connectivity index (χ0n) is 11.5. The van der Waals surface area contributed by atoms with Gasteiger partial charge in [0.05, 0.1) is 11.4 Å². The summed E-state index contributed by atoms with van der Waals surface area (Å²) in [4.78, 5) is 0. The Hall–Kier alpha value is -1.23. The Morgan fingerprint density at radius 1 is 1.50 bits per heavy atom. The molecule has 0 amide bonds. The van der Waals surface area contributed by atoms with Crippen molar-refractivity contribution in [1.82, 2.24) is 9.78 Å². The van der Waals surface area contributed by atoms with E-state index in [4.69, 9.17) is 10.8 Å². The maximum Gasteiger partial charge on any atom is 0.148 e. The minimum absolute atomic E-state index is 0.264. The van der Waals surface area contributed by atoms with Crippen LogP contribution in [0.1, 0.15) is 44.8 Å². The van der Waals surface area contributed by atoms with Crippen LogP contribution in [0, 0.1) is 12.3 Å². The normalized spacial score (nSPS) is 17.2. The molecule has 1 aliphatic carbocycles. The van der Waals surface area contributed by atoms with E-state index in [2.05, 4.69) is 24.3 Å². The van der Waals surface area contributed by atoms with Gasteiger partial charge in [0, 0.05) is 19.2 Å². The molecular formula is C13H24N4O. The van der Waals surface area contributed by atoms with E-state index in [9.17, 15) is 0 Å². The largest absolute Gasteiger partial charge is 0.396 e. The molecule has 0 saturated heterocycles. The minimum Gasteiger partial charge on any atom is -0.396 e. The molecule has 18 heavy (non-hydrogen) atoms. The lowest BCUT2D eigenvalue weighted by Crippen LogP contribution is -2.20. The van der Waals surface area contributed by atoms with E-state index in [1.807, 2.05) is 11.6 Å². The van der Waals surface area contributed by atoms with Gasteiger partial charge in [0.1, 0.15) is 5.82 Å². The molecule has 0 aliphatic heterocycles. The summed E-state index contributed by atoms with van der Waals surface area (Å²) in [5.41, 5.74) is 7.96. The molecule has 0 unspecified atom stereocenters. The van der Waals surface area contributed by atoms with Crippen LogP contribution in [0.2, 0.25) is 0 Å². The second-order valence-electron chi connectivity index (χ2n) is 5.71. The summed E-state index contributed by atoms with van der Waals surface area (Å²) in [5.74, 6) is 0.923. The zero-order chi connectivity index (χ0) is 13.3. The monoisotopic (exact) mass is 252 g/mol. The van der Waals surface area contributed by atoms with Gasteiger partial charge in [-0.25, -0.2) is 4.68 Å². The van der Waals surface area contributed by atoms with Crippen LogP contribution >= 0.6 is 0 Å². The third-order valence-corrected chi connectivity index (χ3v) is 3.85. The maximum atomic E-state index is 9.07. The summed E-state index contributed by atoms with van der Waals surface area (Å²) in [6.45, 7) is 7.25. The fourth-order valence-electron chi connectivity index (χ4n) is 2.31. The van der Waals surface area contributed by atoms with Crippen molar-refractivity contribution in [2.75, 3.05) is 24.2 Å². The third kappa shape index (κ3) is 2.46. The Morgan fingerprint density at radius 2 is 2.17 bits per heavy atom. The molecule has 2 rings (SSSR count). The second kappa shape index (κ2) is 4.80. The molecule has 1 aromatic rings. The highest BCUT2D eigenvalue weighted by molar-refractivity contribution is 5.65. The lowest BCUT2D eigenvalue weighted by molar-refractivity contribution is 0.253. The highest BCUT2D eigenvalue weighted by Gasteiger charge is 2.41. The van der Waals surface area contributed by atoms with E-state index >= 15 is 0 Å². The number of aliphatic hydroxyl groups excluding tert-OH is 1. The Labute approximate surface area is 108 Å². The molecular weight excluding hydrogens is 228 g/mol. The number of hydrogen-bond acceptors (Lipinski definition) is 4. The van der Waals surface area contributed by atoms with E-state index in [1.54, 1.807) is 0 Å². The number of aromatic nitrogens is 2. The molecule has 1 aliphatic rings. The van der Waals surface area contributed by atoms with Crippen molar-refractivity contribution in [3.8, 4) is 0 Å². The van der Waals surface area contributed by atoms with Gasteiger partial charge >= 0.3 is 0 Å². The second-order valence-corrected chi connectivity index (χ2v) is 5.71. The lowest BCUT2D eigenvalue weighted by Gasteiger charge is -2.18. The predicted octanol–water partition coefficient (Wildman–Crippen LogP) is 1.93. The molecule has 0 spiro atoms. The van der Waals surface area contributed by atoms with Gasteiger partial charge < -0.3 is 16.2 Å². The Bertz CT molecular complexity index is 421. The molecule has 0 aromatic carbocycles. The van der Waals surface area contributed by atoms with Gasteiger partial charge in [-0.1, -0.05) is 0 Å². The van der Waals surface area contributed by atoms with E-state index in [-0.39, 0.29) is 18.1 Å². The highest BCUT2D eigenvalue weighted by Crippen LogP contribution is 2.48. The number of nitrogens with two attached hydrogens (primary N) is 1. The standard InChI is InChI=1S/C13H24N4O/c1-9(2)17-12(11(14)10(3)16-17)15-8-13(4-5-13)6-7-18/h9,15,18H,4-8,14H2,1-3H3. The van der Waals surface area contributed by atoms with Crippen LogP contribution in [0.3, 0.4) is 0 Å². The smallest absolute Gasteiger partial charge is 0.148 e. The van der Waals surface area contributed by atoms with Gasteiger partial charge in [0.2, 0.25) is 0 Å². The van der Waals surface area contributed by atoms with Crippen molar-refractivity contribution in [1.29, 1.82) is 0 Å². The van der Waals surface area contributed by atoms with E-state index in [1.165, 1.54) is 12.8 Å². The molecule has 0 bridgehead atoms. The van der Waals surface area contributed by atoms with Gasteiger partial charge in [0.25, 0.3) is 0 Å². The summed E-state index contributed by atoms with van der Waals surface area (Å²) in [7, 11) is 0. The van der Waals surface area contributed by atoms with Crippen LogP contribution in [0.15, 0.2) is 0 Å². The fourth-order valence-corrected chi connectivity index (χ4v) is 2.31. The van der Waals surface area contributed by atoms with Gasteiger partial charge in [-0.15, -0.1) is 0 Å². The van der Waals surface area contributed by atoms with Gasteiger partial charge in [0.15, 0.2) is 0 Å². The molecule has 5 nitrogen and oxygen atoms in total. The molecule has 102 valence electrons. The van der Waals surface area contributed by atoms with Crippen LogP contribution in [0.5, 0.6) is 0 Å². The molecule has 5 heteroatoms. The first kappa shape index (κ1) is 13.2. The van der Waals surface area contributed by atoms with Crippen molar-refractivity contribution in [3.05, 3.63) is 5.69 Å². The quantitative estimate of drug-likeness (QED) is 0.723. The number of nitrogen functional groups attached to an aromatic ring is 1. The highest BCUT2D eigenvalue weighted by atomic mass is 16.3. The van der Waals surface area contributed by atoms with Crippen LogP contribution in [-0.4, -0.2) is 28.0 Å². The summed E-state index contributed by atoms with van der Waals surface area (Å²) in [6, 6.07) is 0.288. The molecule has 1 heterocycles. The van der Waals surface area contributed by atoms with Gasteiger partial charge in [-0.3, -0.25) is 0 Å². The molecule has 1 aromatic heterocycles. The van der Waals surface area contributed by atoms with Crippen molar-refractivity contribution in [2.45, 2.75) is 46.1 Å². The van der Waals surface area contributed by atoms with Gasteiger partial charge in [-0.05, 0) is 45.4 Å². The Morgan fingerprint density at radius 3 is 2.67 bits per heavy atom. The lowest BCUT2D eigenvalue weighted by atomic mass is 10.0. The van der Waals surface area contributed by atoms with E-state index in [0.717, 1.165) is 30.2 Å². The average molecular weight is 252 g/mol. The fraction of sp³-hybridized carbons (Fsp3) is 0.769. The van der Waals surface area contributed by atoms with Crippen molar-refractivity contribution >= 4 is 11.5 Å². The summed E-state index contributed by atoms with van der Waals surface area (Å²) >= 11 is 0. The van der Waals surface area contributed by atoms with Crippen LogP contribution in [0.4, 0.5) is 11.5 Å².